The zero-order chi connectivity index (χ0) is 20.7. The second-order valence-corrected chi connectivity index (χ2v) is 7.57. The maximum atomic E-state index is 13.2. The fourth-order valence-corrected chi connectivity index (χ4v) is 3.94. The monoisotopic (exact) mass is 429 g/mol. The van der Waals surface area contributed by atoms with Gasteiger partial charge in [0.15, 0.2) is 0 Å². The van der Waals surface area contributed by atoms with Crippen LogP contribution in [0.1, 0.15) is 11.4 Å². The molecule has 0 radical (unpaired) electrons. The number of halogens is 1. The normalized spacial score (nSPS) is 11.2. The number of urea groups is 1. The summed E-state index contributed by atoms with van der Waals surface area (Å²) in [6.07, 6.45) is 0.290. The summed E-state index contributed by atoms with van der Waals surface area (Å²) in [5.74, 6) is 0.0341. The third kappa shape index (κ3) is 5.06. The molecule has 0 fully saturated rings. The van der Waals surface area contributed by atoms with E-state index >= 15 is 0 Å². The van der Waals surface area contributed by atoms with Crippen LogP contribution in [0.2, 0.25) is 0 Å². The number of carbonyl (C=O) groups excluding carboxylic acids is 1. The smallest absolute Gasteiger partial charge is 0.336 e. The predicted molar refractivity (Wildman–Crippen MR) is 102 cm³/mol. The molecule has 0 aliphatic heterocycles. The van der Waals surface area contributed by atoms with E-state index < -0.39 is 22.0 Å². The Morgan fingerprint density at radius 3 is 2.57 bits per heavy atom. The Hall–Kier alpha value is -2.50. The number of anilines is 1. The summed E-state index contributed by atoms with van der Waals surface area (Å²) in [6, 6.07) is 4.80. The van der Waals surface area contributed by atoms with E-state index in [1.165, 1.54) is 26.2 Å². The lowest BCUT2D eigenvalue weighted by atomic mass is 10.2. The molecule has 0 saturated carbocycles. The maximum absolute atomic E-state index is 13.2. The van der Waals surface area contributed by atoms with Crippen molar-refractivity contribution < 1.29 is 22.7 Å². The van der Waals surface area contributed by atoms with Gasteiger partial charge in [0.2, 0.25) is 0 Å². The summed E-state index contributed by atoms with van der Waals surface area (Å²) in [7, 11) is -3.10. The lowest BCUT2D eigenvalue weighted by Crippen LogP contribution is -2.42. The molecule has 1 aromatic heterocycles. The number of nitrogens with zero attached hydrogens (tertiary/aromatic N) is 4. The molecule has 28 heavy (non-hydrogen) atoms. The van der Waals surface area contributed by atoms with Crippen LogP contribution in [0.25, 0.3) is 0 Å². The van der Waals surface area contributed by atoms with Crippen molar-refractivity contribution in [1.29, 1.82) is 0 Å². The number of methoxy groups -OCH3 is 1. The number of hydrogen-bond donors (Lipinski definition) is 1. The Kier molecular flexibility index (Phi) is 7.49. The van der Waals surface area contributed by atoms with Gasteiger partial charge in [-0.15, -0.1) is 15.9 Å². The van der Waals surface area contributed by atoms with Gasteiger partial charge in [-0.25, -0.2) is 13.2 Å². The molecule has 2 N–H and O–H groups in total. The Labute approximate surface area is 167 Å². The second-order valence-electron chi connectivity index (χ2n) is 5.44. The lowest BCUT2D eigenvalue weighted by Gasteiger charge is -2.20. The topological polar surface area (TPSA) is 138 Å². The van der Waals surface area contributed by atoms with E-state index in [0.717, 1.165) is 0 Å². The molecule has 0 atom stereocenters. The molecule has 2 aromatic rings. The van der Waals surface area contributed by atoms with Crippen molar-refractivity contribution in [3.8, 4) is 6.01 Å². The van der Waals surface area contributed by atoms with Crippen LogP contribution in [-0.4, -0.2) is 55.6 Å². The van der Waals surface area contributed by atoms with Crippen LogP contribution in [0.3, 0.4) is 0 Å². The summed E-state index contributed by atoms with van der Waals surface area (Å²) in [5, 5.41) is 0. The van der Waals surface area contributed by atoms with Gasteiger partial charge >= 0.3 is 12.0 Å². The van der Waals surface area contributed by atoms with Crippen LogP contribution < -0.4 is 14.8 Å². The van der Waals surface area contributed by atoms with E-state index in [1.54, 1.807) is 12.1 Å². The number of rotatable bonds is 9. The number of hydrogen-bond acceptors (Lipinski definition) is 8. The summed E-state index contributed by atoms with van der Waals surface area (Å²) in [4.78, 5) is 23.6. The Bertz CT molecular complexity index is 941. The molecule has 0 saturated heterocycles. The first-order chi connectivity index (χ1) is 13.3. The van der Waals surface area contributed by atoms with Gasteiger partial charge in [0.1, 0.15) is 5.82 Å². The SMILES string of the molecule is COc1nc(C)nc(N(C(N)=O)S(=O)(=O)c2ccccc2CCOCCCl)n1. The Morgan fingerprint density at radius 1 is 1.21 bits per heavy atom. The molecule has 0 bridgehead atoms. The van der Waals surface area contributed by atoms with Gasteiger partial charge in [-0.2, -0.15) is 15.0 Å². The summed E-state index contributed by atoms with van der Waals surface area (Å²) >= 11 is 5.56. The lowest BCUT2D eigenvalue weighted by molar-refractivity contribution is 0.152. The Balaban J connectivity index is 2.48. The number of carbonyl (C=O) groups is 1. The number of alkyl halides is 1. The van der Waals surface area contributed by atoms with E-state index in [1.807, 2.05) is 0 Å². The first-order valence-corrected chi connectivity index (χ1v) is 10.1. The fraction of sp³-hybridized carbons (Fsp3) is 0.375. The van der Waals surface area contributed by atoms with Crippen LogP contribution in [0.4, 0.5) is 10.7 Å². The second kappa shape index (κ2) is 9.62. The van der Waals surface area contributed by atoms with Crippen molar-refractivity contribution in [3.63, 3.8) is 0 Å². The fourth-order valence-electron chi connectivity index (χ4n) is 2.35. The van der Waals surface area contributed by atoms with Crippen molar-refractivity contribution in [1.82, 2.24) is 15.0 Å². The van der Waals surface area contributed by atoms with Gasteiger partial charge < -0.3 is 15.2 Å². The van der Waals surface area contributed by atoms with Gasteiger partial charge in [0.25, 0.3) is 16.0 Å². The summed E-state index contributed by atoms with van der Waals surface area (Å²) in [6.45, 7) is 2.10. The highest BCUT2D eigenvalue weighted by Gasteiger charge is 2.34. The number of aryl methyl sites for hydroxylation is 1. The van der Waals surface area contributed by atoms with E-state index in [2.05, 4.69) is 15.0 Å². The third-order valence-corrected chi connectivity index (χ3v) is 5.44. The van der Waals surface area contributed by atoms with E-state index in [-0.39, 0.29) is 23.3 Å². The van der Waals surface area contributed by atoms with Gasteiger partial charge in [-0.1, -0.05) is 18.2 Å². The van der Waals surface area contributed by atoms with Gasteiger partial charge in [-0.3, -0.25) is 0 Å². The van der Waals surface area contributed by atoms with Crippen LogP contribution in [0.5, 0.6) is 6.01 Å². The number of benzene rings is 1. The maximum Gasteiger partial charge on any atom is 0.336 e. The predicted octanol–water partition coefficient (Wildman–Crippen LogP) is 1.26. The minimum atomic E-state index is -4.40. The van der Waals surface area contributed by atoms with Crippen molar-refractivity contribution >= 4 is 33.6 Å². The molecule has 1 aromatic carbocycles. The van der Waals surface area contributed by atoms with Crippen molar-refractivity contribution in [2.24, 2.45) is 5.73 Å². The first-order valence-electron chi connectivity index (χ1n) is 8.14. The summed E-state index contributed by atoms with van der Waals surface area (Å²) in [5.41, 5.74) is 5.80. The van der Waals surface area contributed by atoms with Gasteiger partial charge in [0.05, 0.1) is 25.2 Å². The zero-order valence-electron chi connectivity index (χ0n) is 15.3. The van der Waals surface area contributed by atoms with Crippen LogP contribution in [0.15, 0.2) is 29.2 Å². The summed E-state index contributed by atoms with van der Waals surface area (Å²) < 4.78 is 37.0. The third-order valence-electron chi connectivity index (χ3n) is 3.51. The van der Waals surface area contributed by atoms with E-state index in [4.69, 9.17) is 26.8 Å². The molecule has 0 aliphatic rings. The number of aromatic nitrogens is 3. The number of primary amides is 1. The quantitative estimate of drug-likeness (QED) is 0.464. The highest BCUT2D eigenvalue weighted by atomic mass is 35.5. The highest BCUT2D eigenvalue weighted by Crippen LogP contribution is 2.25. The van der Waals surface area contributed by atoms with Crippen LogP contribution >= 0.6 is 11.6 Å². The molecule has 0 aliphatic carbocycles. The molecule has 10 nitrogen and oxygen atoms in total. The molecular weight excluding hydrogens is 410 g/mol. The standard InChI is InChI=1S/C16H20ClN5O5S/c1-11-19-15(21-16(20-11)26-2)22(14(18)23)28(24,25)13-6-4-3-5-12(13)7-9-27-10-8-17/h3-6H,7-10H2,1-2H3,(H2,18,23). The van der Waals surface area contributed by atoms with Crippen LogP contribution in [-0.2, 0) is 21.2 Å². The van der Waals surface area contributed by atoms with Gasteiger partial charge in [-0.05, 0) is 25.0 Å². The molecule has 2 rings (SSSR count). The average Bonchev–Trinajstić information content (AvgIpc) is 2.64. The minimum absolute atomic E-state index is 0.111. The molecule has 2 amide bonds. The number of nitrogens with two attached hydrogens (primary N) is 1. The first kappa shape index (κ1) is 21.8. The number of ether oxygens (including phenoxy) is 2. The van der Waals surface area contributed by atoms with Crippen molar-refractivity contribution in [3.05, 3.63) is 35.7 Å². The molecule has 0 spiro atoms. The highest BCUT2D eigenvalue weighted by molar-refractivity contribution is 7.93. The van der Waals surface area contributed by atoms with E-state index in [0.29, 0.717) is 28.8 Å². The van der Waals surface area contributed by atoms with Crippen molar-refractivity contribution in [2.45, 2.75) is 18.2 Å². The van der Waals surface area contributed by atoms with Crippen LogP contribution in [0, 0.1) is 6.92 Å². The van der Waals surface area contributed by atoms with Gasteiger partial charge in [0, 0.05) is 5.88 Å². The molecule has 0 unspecified atom stereocenters. The number of sulfonamides is 1. The molecular formula is C16H20ClN5O5S. The zero-order valence-corrected chi connectivity index (χ0v) is 16.9. The largest absolute Gasteiger partial charge is 0.467 e. The Morgan fingerprint density at radius 2 is 1.93 bits per heavy atom. The minimum Gasteiger partial charge on any atom is -0.467 e. The van der Waals surface area contributed by atoms with Crippen molar-refractivity contribution in [2.75, 3.05) is 30.5 Å². The van der Waals surface area contributed by atoms with E-state index in [9.17, 15) is 13.2 Å². The average molecular weight is 430 g/mol. The number of amides is 2. The molecule has 1 heterocycles. The molecule has 12 heteroatoms. The molecule has 152 valence electrons.